The second kappa shape index (κ2) is 5.51. The number of hydrogen-bond acceptors (Lipinski definition) is 2. The van der Waals surface area contributed by atoms with E-state index in [0.717, 1.165) is 19.4 Å². The van der Waals surface area contributed by atoms with Crippen LogP contribution in [-0.4, -0.2) is 14.9 Å². The predicted octanol–water partition coefficient (Wildman–Crippen LogP) is 3.49. The van der Waals surface area contributed by atoms with Crippen LogP contribution in [0.15, 0.2) is 30.9 Å². The Hall–Kier alpha value is -0.800. The minimum atomic E-state index is 0.177. The van der Waals surface area contributed by atoms with Crippen molar-refractivity contribution in [1.82, 2.24) is 9.55 Å². The summed E-state index contributed by atoms with van der Waals surface area (Å²) in [5.41, 5.74) is 0. The lowest BCUT2D eigenvalue weighted by atomic mass is 10.2. The molecule has 0 saturated carbocycles. The van der Waals surface area contributed by atoms with E-state index in [-0.39, 0.29) is 5.38 Å². The summed E-state index contributed by atoms with van der Waals surface area (Å²) >= 11 is 8.14. The van der Waals surface area contributed by atoms with E-state index in [1.54, 1.807) is 6.20 Å². The first-order chi connectivity index (χ1) is 7.74. The van der Waals surface area contributed by atoms with Gasteiger partial charge in [-0.3, -0.25) is 0 Å². The Morgan fingerprint density at radius 2 is 2.38 bits per heavy atom. The minimum Gasteiger partial charge on any atom is -0.336 e. The molecule has 0 aliphatic rings. The van der Waals surface area contributed by atoms with Gasteiger partial charge in [-0.1, -0.05) is 0 Å². The van der Waals surface area contributed by atoms with Gasteiger partial charge in [0.2, 0.25) is 0 Å². The molecule has 0 amide bonds. The van der Waals surface area contributed by atoms with E-state index in [2.05, 4.69) is 24.0 Å². The van der Waals surface area contributed by atoms with Crippen molar-refractivity contribution in [2.75, 3.05) is 0 Å². The molecule has 0 aliphatic carbocycles. The van der Waals surface area contributed by atoms with Gasteiger partial charge in [-0.05, 0) is 31.9 Å². The molecule has 16 heavy (non-hydrogen) atoms. The van der Waals surface area contributed by atoms with Crippen molar-refractivity contribution in [3.8, 4) is 0 Å². The molecule has 2 heterocycles. The first kappa shape index (κ1) is 11.7. The van der Waals surface area contributed by atoms with E-state index in [1.165, 1.54) is 9.75 Å². The van der Waals surface area contributed by atoms with E-state index in [1.807, 2.05) is 28.4 Å². The highest BCUT2D eigenvalue weighted by Gasteiger charge is 2.06. The lowest BCUT2D eigenvalue weighted by molar-refractivity contribution is 0.619. The van der Waals surface area contributed by atoms with Crippen LogP contribution < -0.4 is 0 Å². The summed E-state index contributed by atoms with van der Waals surface area (Å²) in [6.45, 7) is 2.98. The van der Waals surface area contributed by atoms with Crippen molar-refractivity contribution in [3.63, 3.8) is 0 Å². The standard InChI is InChI=1S/C12H15ClN2S/c1-10-2-4-12(16-10)5-3-11(13)8-15-7-6-14-9-15/h2,4,6-7,9,11H,3,5,8H2,1H3. The van der Waals surface area contributed by atoms with Crippen LogP contribution in [0.1, 0.15) is 16.2 Å². The van der Waals surface area contributed by atoms with Crippen LogP contribution in [0.5, 0.6) is 0 Å². The maximum atomic E-state index is 6.28. The second-order valence-corrected chi connectivity index (χ2v) is 5.90. The van der Waals surface area contributed by atoms with Gasteiger partial charge in [0.1, 0.15) is 0 Å². The number of hydrogen-bond donors (Lipinski definition) is 0. The molecule has 2 aromatic rings. The van der Waals surface area contributed by atoms with Crippen LogP contribution in [0.25, 0.3) is 0 Å². The van der Waals surface area contributed by atoms with Crippen molar-refractivity contribution >= 4 is 22.9 Å². The SMILES string of the molecule is Cc1ccc(CCC(Cl)Cn2ccnc2)s1. The van der Waals surface area contributed by atoms with Gasteiger partial charge in [0.15, 0.2) is 0 Å². The van der Waals surface area contributed by atoms with E-state index in [4.69, 9.17) is 11.6 Å². The fraction of sp³-hybridized carbons (Fsp3) is 0.417. The van der Waals surface area contributed by atoms with Gasteiger partial charge in [0, 0.05) is 28.7 Å². The van der Waals surface area contributed by atoms with Gasteiger partial charge < -0.3 is 4.57 Å². The largest absolute Gasteiger partial charge is 0.336 e. The third kappa shape index (κ3) is 3.35. The molecule has 0 bridgehead atoms. The molecular formula is C12H15ClN2S. The predicted molar refractivity (Wildman–Crippen MR) is 69.2 cm³/mol. The first-order valence-electron chi connectivity index (χ1n) is 5.39. The molecular weight excluding hydrogens is 240 g/mol. The molecule has 1 unspecified atom stereocenters. The maximum absolute atomic E-state index is 6.28. The Morgan fingerprint density at radius 3 is 3.00 bits per heavy atom. The van der Waals surface area contributed by atoms with E-state index in [0.29, 0.717) is 0 Å². The quantitative estimate of drug-likeness (QED) is 0.747. The lowest BCUT2D eigenvalue weighted by Crippen LogP contribution is -2.09. The van der Waals surface area contributed by atoms with Gasteiger partial charge in [-0.15, -0.1) is 22.9 Å². The van der Waals surface area contributed by atoms with E-state index >= 15 is 0 Å². The smallest absolute Gasteiger partial charge is 0.0946 e. The summed E-state index contributed by atoms with van der Waals surface area (Å²) in [7, 11) is 0. The number of aryl methyl sites for hydroxylation is 2. The number of imidazole rings is 1. The monoisotopic (exact) mass is 254 g/mol. The van der Waals surface area contributed by atoms with Crippen LogP contribution in [0.2, 0.25) is 0 Å². The van der Waals surface area contributed by atoms with Gasteiger partial charge in [-0.2, -0.15) is 0 Å². The Labute approximate surface area is 105 Å². The van der Waals surface area contributed by atoms with Crippen LogP contribution in [0.4, 0.5) is 0 Å². The lowest BCUT2D eigenvalue weighted by Gasteiger charge is -2.08. The third-order valence-electron chi connectivity index (χ3n) is 2.47. The normalized spacial score (nSPS) is 12.9. The molecule has 0 aliphatic heterocycles. The zero-order chi connectivity index (χ0) is 11.4. The number of thiophene rings is 1. The molecule has 86 valence electrons. The van der Waals surface area contributed by atoms with Gasteiger partial charge in [0.25, 0.3) is 0 Å². The van der Waals surface area contributed by atoms with Crippen LogP contribution in [0.3, 0.4) is 0 Å². The Morgan fingerprint density at radius 1 is 1.50 bits per heavy atom. The van der Waals surface area contributed by atoms with Gasteiger partial charge in [0.05, 0.1) is 11.7 Å². The van der Waals surface area contributed by atoms with Gasteiger partial charge in [-0.25, -0.2) is 4.98 Å². The zero-order valence-corrected chi connectivity index (χ0v) is 10.8. The van der Waals surface area contributed by atoms with Gasteiger partial charge >= 0.3 is 0 Å². The number of halogens is 1. The number of aromatic nitrogens is 2. The van der Waals surface area contributed by atoms with E-state index < -0.39 is 0 Å². The highest BCUT2D eigenvalue weighted by Crippen LogP contribution is 2.19. The molecule has 0 spiro atoms. The highest BCUT2D eigenvalue weighted by atomic mass is 35.5. The average Bonchev–Trinajstić information content (AvgIpc) is 2.87. The average molecular weight is 255 g/mol. The zero-order valence-electron chi connectivity index (χ0n) is 9.27. The molecule has 2 rings (SSSR count). The fourth-order valence-corrected chi connectivity index (χ4v) is 2.81. The molecule has 0 saturated heterocycles. The summed E-state index contributed by atoms with van der Waals surface area (Å²) in [4.78, 5) is 6.80. The first-order valence-corrected chi connectivity index (χ1v) is 6.64. The summed E-state index contributed by atoms with van der Waals surface area (Å²) < 4.78 is 2.03. The van der Waals surface area contributed by atoms with Crippen molar-refractivity contribution in [1.29, 1.82) is 0 Å². The molecule has 4 heteroatoms. The number of alkyl halides is 1. The maximum Gasteiger partial charge on any atom is 0.0946 e. The topological polar surface area (TPSA) is 17.8 Å². The van der Waals surface area contributed by atoms with Crippen LogP contribution in [-0.2, 0) is 13.0 Å². The van der Waals surface area contributed by atoms with Crippen LogP contribution in [0, 0.1) is 6.92 Å². The molecule has 0 N–H and O–H groups in total. The Balaban J connectivity index is 1.77. The van der Waals surface area contributed by atoms with E-state index in [9.17, 15) is 0 Å². The number of rotatable bonds is 5. The van der Waals surface area contributed by atoms with Crippen molar-refractivity contribution in [3.05, 3.63) is 40.6 Å². The second-order valence-electron chi connectivity index (χ2n) is 3.91. The Kier molecular flexibility index (Phi) is 4.02. The molecule has 2 nitrogen and oxygen atoms in total. The third-order valence-corrected chi connectivity index (χ3v) is 3.88. The minimum absolute atomic E-state index is 0.177. The van der Waals surface area contributed by atoms with Crippen molar-refractivity contribution in [2.45, 2.75) is 31.7 Å². The fourth-order valence-electron chi connectivity index (χ4n) is 1.63. The summed E-state index contributed by atoms with van der Waals surface area (Å²) in [6, 6.07) is 4.36. The molecule has 0 fully saturated rings. The molecule has 0 aromatic carbocycles. The molecule has 0 radical (unpaired) electrons. The van der Waals surface area contributed by atoms with Crippen LogP contribution >= 0.6 is 22.9 Å². The Bertz CT molecular complexity index is 422. The molecule has 1 atom stereocenters. The number of nitrogens with zero attached hydrogens (tertiary/aromatic N) is 2. The van der Waals surface area contributed by atoms with Crippen molar-refractivity contribution < 1.29 is 0 Å². The summed E-state index contributed by atoms with van der Waals surface area (Å²) in [6.07, 6.45) is 7.63. The summed E-state index contributed by atoms with van der Waals surface area (Å²) in [5, 5.41) is 0.177. The highest BCUT2D eigenvalue weighted by molar-refractivity contribution is 7.11. The van der Waals surface area contributed by atoms with Crippen molar-refractivity contribution in [2.24, 2.45) is 0 Å². The molecule has 2 aromatic heterocycles. The summed E-state index contributed by atoms with van der Waals surface area (Å²) in [5.74, 6) is 0.